The summed E-state index contributed by atoms with van der Waals surface area (Å²) in [5.74, 6) is 1.52. The molecule has 0 spiro atoms. The molecular weight excluding hydrogens is 400 g/mol. The maximum atomic E-state index is 10.1. The van der Waals surface area contributed by atoms with Crippen molar-refractivity contribution in [3.63, 3.8) is 0 Å². The molecule has 1 N–H and O–H groups in total. The van der Waals surface area contributed by atoms with Crippen LogP contribution >= 0.6 is 0 Å². The van der Waals surface area contributed by atoms with Crippen LogP contribution in [0.2, 0.25) is 0 Å². The van der Waals surface area contributed by atoms with Crippen molar-refractivity contribution in [3.8, 4) is 11.5 Å². The molecule has 1 heterocycles. The van der Waals surface area contributed by atoms with E-state index in [2.05, 4.69) is 30.8 Å². The van der Waals surface area contributed by atoms with Gasteiger partial charge in [0.1, 0.15) is 23.7 Å². The smallest absolute Gasteiger partial charge is 0.166 e. The molecule has 1 saturated heterocycles. The first-order chi connectivity index (χ1) is 15.8. The van der Waals surface area contributed by atoms with E-state index in [1.807, 2.05) is 66.7 Å². The highest BCUT2D eigenvalue weighted by Gasteiger charge is 2.47. The van der Waals surface area contributed by atoms with Crippen molar-refractivity contribution >= 4 is 21.5 Å². The molecule has 4 unspecified atom stereocenters. The standard InChI is InChI=1S/C28H26O4/c1-2-9-25-27(31-23-16-7-12-19-10-3-5-14-21(19)23)28(26(18-29)30-25)32-24-17-8-13-20-11-4-6-15-22(20)24/h2-8,10-17,25-29H,1,9,18H2. The predicted molar refractivity (Wildman–Crippen MR) is 127 cm³/mol. The first-order valence-corrected chi connectivity index (χ1v) is 10.9. The normalized spacial score (nSPS) is 22.8. The van der Waals surface area contributed by atoms with Gasteiger partial charge in [-0.25, -0.2) is 0 Å². The Balaban J connectivity index is 1.53. The number of ether oxygens (including phenoxy) is 3. The Labute approximate surface area is 187 Å². The van der Waals surface area contributed by atoms with Gasteiger partial charge < -0.3 is 19.3 Å². The van der Waals surface area contributed by atoms with Crippen LogP contribution in [-0.4, -0.2) is 36.1 Å². The predicted octanol–water partition coefficient (Wildman–Crippen LogP) is 5.52. The highest BCUT2D eigenvalue weighted by Crippen LogP contribution is 2.35. The van der Waals surface area contributed by atoms with Gasteiger partial charge in [0.15, 0.2) is 12.2 Å². The largest absolute Gasteiger partial charge is 0.483 e. The second-order valence-electron chi connectivity index (χ2n) is 8.04. The molecule has 5 rings (SSSR count). The minimum absolute atomic E-state index is 0.154. The second-order valence-corrected chi connectivity index (χ2v) is 8.04. The number of hydrogen-bond acceptors (Lipinski definition) is 4. The summed E-state index contributed by atoms with van der Waals surface area (Å²) in [4.78, 5) is 0. The minimum Gasteiger partial charge on any atom is -0.483 e. The van der Waals surface area contributed by atoms with Crippen molar-refractivity contribution in [1.29, 1.82) is 0 Å². The summed E-state index contributed by atoms with van der Waals surface area (Å²) in [6, 6.07) is 28.2. The van der Waals surface area contributed by atoms with Gasteiger partial charge in [-0.3, -0.25) is 0 Å². The van der Waals surface area contributed by atoms with Crippen molar-refractivity contribution < 1.29 is 19.3 Å². The number of hydrogen-bond donors (Lipinski definition) is 1. The molecule has 4 aromatic carbocycles. The molecule has 4 aromatic rings. The lowest BCUT2D eigenvalue weighted by Crippen LogP contribution is -2.42. The summed E-state index contributed by atoms with van der Waals surface area (Å²) < 4.78 is 19.3. The van der Waals surface area contributed by atoms with Crippen LogP contribution in [0.1, 0.15) is 6.42 Å². The number of benzene rings is 4. The van der Waals surface area contributed by atoms with E-state index in [0.717, 1.165) is 33.0 Å². The van der Waals surface area contributed by atoms with E-state index in [1.165, 1.54) is 0 Å². The second kappa shape index (κ2) is 9.03. The maximum absolute atomic E-state index is 10.1. The fraction of sp³-hybridized carbons (Fsp3) is 0.214. The Morgan fingerprint density at radius 1 is 0.719 bits per heavy atom. The van der Waals surface area contributed by atoms with Gasteiger partial charge in [0.05, 0.1) is 6.61 Å². The lowest BCUT2D eigenvalue weighted by Gasteiger charge is -2.26. The van der Waals surface area contributed by atoms with E-state index < -0.39 is 18.3 Å². The SMILES string of the molecule is C=CCC1OC(CO)C(Oc2cccc3ccccc23)C1Oc1cccc2ccccc12. The lowest BCUT2D eigenvalue weighted by molar-refractivity contribution is -0.0156. The third kappa shape index (κ3) is 3.83. The molecule has 4 heteroatoms. The zero-order valence-corrected chi connectivity index (χ0v) is 17.8. The molecule has 1 aliphatic rings. The first-order valence-electron chi connectivity index (χ1n) is 10.9. The van der Waals surface area contributed by atoms with Crippen LogP contribution in [0.4, 0.5) is 0 Å². The van der Waals surface area contributed by atoms with E-state index in [9.17, 15) is 5.11 Å². The van der Waals surface area contributed by atoms with Gasteiger partial charge >= 0.3 is 0 Å². The summed E-state index contributed by atoms with van der Waals surface area (Å²) >= 11 is 0. The van der Waals surface area contributed by atoms with Gasteiger partial charge in [-0.2, -0.15) is 0 Å². The Bertz CT molecular complexity index is 1220. The van der Waals surface area contributed by atoms with Crippen LogP contribution in [0.3, 0.4) is 0 Å². The van der Waals surface area contributed by atoms with Gasteiger partial charge in [0.25, 0.3) is 0 Å². The van der Waals surface area contributed by atoms with Crippen LogP contribution in [-0.2, 0) is 4.74 Å². The summed E-state index contributed by atoms with van der Waals surface area (Å²) in [7, 11) is 0. The Morgan fingerprint density at radius 3 is 1.75 bits per heavy atom. The van der Waals surface area contributed by atoms with Gasteiger partial charge in [-0.15, -0.1) is 6.58 Å². The zero-order chi connectivity index (χ0) is 21.9. The maximum Gasteiger partial charge on any atom is 0.166 e. The number of aliphatic hydroxyl groups excluding tert-OH is 1. The van der Waals surface area contributed by atoms with Crippen LogP contribution < -0.4 is 9.47 Å². The molecule has 0 aromatic heterocycles. The average molecular weight is 427 g/mol. The van der Waals surface area contributed by atoms with E-state index in [0.29, 0.717) is 6.42 Å². The van der Waals surface area contributed by atoms with Crippen LogP contribution in [0.25, 0.3) is 21.5 Å². The minimum atomic E-state index is -0.501. The molecule has 4 nitrogen and oxygen atoms in total. The Kier molecular flexibility index (Phi) is 5.80. The zero-order valence-electron chi connectivity index (χ0n) is 17.8. The van der Waals surface area contributed by atoms with Crippen molar-refractivity contribution in [3.05, 3.63) is 97.6 Å². The third-order valence-corrected chi connectivity index (χ3v) is 6.01. The molecule has 1 fully saturated rings. The summed E-state index contributed by atoms with van der Waals surface area (Å²) in [6.45, 7) is 3.72. The van der Waals surface area contributed by atoms with E-state index in [1.54, 1.807) is 0 Å². The van der Waals surface area contributed by atoms with Crippen molar-refractivity contribution in [2.24, 2.45) is 0 Å². The van der Waals surface area contributed by atoms with Crippen LogP contribution in [0.15, 0.2) is 97.6 Å². The van der Waals surface area contributed by atoms with Gasteiger partial charge in [-0.1, -0.05) is 78.9 Å². The summed E-state index contributed by atoms with van der Waals surface area (Å²) in [5, 5.41) is 14.3. The van der Waals surface area contributed by atoms with Crippen LogP contribution in [0.5, 0.6) is 11.5 Å². The highest BCUT2D eigenvalue weighted by molar-refractivity contribution is 5.89. The molecule has 0 radical (unpaired) electrons. The first kappa shape index (κ1) is 20.6. The number of aliphatic hydroxyl groups is 1. The monoisotopic (exact) mass is 426 g/mol. The van der Waals surface area contributed by atoms with Gasteiger partial charge in [-0.05, 0) is 29.3 Å². The molecule has 0 saturated carbocycles. The Morgan fingerprint density at radius 2 is 1.22 bits per heavy atom. The molecule has 0 amide bonds. The van der Waals surface area contributed by atoms with Crippen molar-refractivity contribution in [2.75, 3.05) is 6.61 Å². The van der Waals surface area contributed by atoms with Gasteiger partial charge in [0.2, 0.25) is 0 Å². The molecule has 1 aliphatic heterocycles. The highest BCUT2D eigenvalue weighted by atomic mass is 16.6. The third-order valence-electron chi connectivity index (χ3n) is 6.01. The number of fused-ring (bicyclic) bond motifs is 2. The van der Waals surface area contributed by atoms with Crippen LogP contribution in [0, 0.1) is 0 Å². The molecule has 162 valence electrons. The van der Waals surface area contributed by atoms with Gasteiger partial charge in [0, 0.05) is 10.8 Å². The average Bonchev–Trinajstić information content (AvgIpc) is 3.16. The molecule has 0 bridgehead atoms. The van der Waals surface area contributed by atoms with Crippen molar-refractivity contribution in [1.82, 2.24) is 0 Å². The Hall–Kier alpha value is -3.34. The molecule has 0 aliphatic carbocycles. The number of rotatable bonds is 7. The fourth-order valence-electron chi connectivity index (χ4n) is 4.48. The quantitative estimate of drug-likeness (QED) is 0.395. The molecule has 32 heavy (non-hydrogen) atoms. The van der Waals surface area contributed by atoms with Crippen molar-refractivity contribution in [2.45, 2.75) is 30.8 Å². The molecular formula is C28H26O4. The topological polar surface area (TPSA) is 47.9 Å². The summed E-state index contributed by atoms with van der Waals surface area (Å²) in [6.07, 6.45) is 0.757. The van der Waals surface area contributed by atoms with E-state index in [-0.39, 0.29) is 12.7 Å². The summed E-state index contributed by atoms with van der Waals surface area (Å²) in [5.41, 5.74) is 0. The lowest BCUT2D eigenvalue weighted by atomic mass is 10.0. The molecule has 4 atom stereocenters. The van der Waals surface area contributed by atoms with E-state index >= 15 is 0 Å². The van der Waals surface area contributed by atoms with E-state index in [4.69, 9.17) is 14.2 Å². The fourth-order valence-corrected chi connectivity index (χ4v) is 4.48.